The maximum Gasteiger partial charge on any atom is 0.422 e. The Labute approximate surface area is 171 Å². The second kappa shape index (κ2) is 10.9. The Bertz CT molecular complexity index is 738. The first-order chi connectivity index (χ1) is 12.4. The van der Waals surface area contributed by atoms with E-state index in [2.05, 4.69) is 25.3 Å². The summed E-state index contributed by atoms with van der Waals surface area (Å²) in [5, 5.41) is 5.98. The molecule has 2 aromatic rings. The van der Waals surface area contributed by atoms with Gasteiger partial charge in [-0.1, -0.05) is 24.3 Å². The minimum atomic E-state index is -4.40. The number of rotatable bonds is 6. The van der Waals surface area contributed by atoms with Crippen LogP contribution in [0.15, 0.2) is 47.6 Å². The van der Waals surface area contributed by atoms with Gasteiger partial charge in [0, 0.05) is 38.0 Å². The van der Waals surface area contributed by atoms with Crippen molar-refractivity contribution in [3.8, 4) is 5.88 Å². The predicted octanol–water partition coefficient (Wildman–Crippen LogP) is 3.65. The summed E-state index contributed by atoms with van der Waals surface area (Å²) in [5.74, 6) is 0.0351. The number of hydrogen-bond donors (Lipinski definition) is 2. The van der Waals surface area contributed by atoms with Crippen LogP contribution in [0.4, 0.5) is 17.6 Å². The zero-order valence-electron chi connectivity index (χ0n) is 14.4. The van der Waals surface area contributed by atoms with E-state index < -0.39 is 12.8 Å². The van der Waals surface area contributed by atoms with Crippen molar-refractivity contribution in [2.45, 2.75) is 19.3 Å². The Morgan fingerprint density at radius 2 is 1.81 bits per heavy atom. The van der Waals surface area contributed by atoms with Gasteiger partial charge in [0.15, 0.2) is 12.6 Å². The highest BCUT2D eigenvalue weighted by molar-refractivity contribution is 14.0. The second-order valence-corrected chi connectivity index (χ2v) is 5.28. The Kier molecular flexibility index (Phi) is 9.26. The van der Waals surface area contributed by atoms with E-state index in [0.717, 1.165) is 5.56 Å². The van der Waals surface area contributed by atoms with E-state index in [4.69, 9.17) is 0 Å². The summed E-state index contributed by atoms with van der Waals surface area (Å²) in [6.45, 7) is -0.789. The molecule has 0 saturated heterocycles. The van der Waals surface area contributed by atoms with Crippen LogP contribution >= 0.6 is 24.0 Å². The number of guanidine groups is 1. The minimum Gasteiger partial charge on any atom is -0.468 e. The number of nitrogens with zero attached hydrogens (tertiary/aromatic N) is 2. The fourth-order valence-corrected chi connectivity index (χ4v) is 1.98. The van der Waals surface area contributed by atoms with Crippen molar-refractivity contribution >= 4 is 29.9 Å². The number of ether oxygens (including phenoxy) is 1. The van der Waals surface area contributed by atoms with E-state index in [-0.39, 0.29) is 42.2 Å². The molecule has 2 rings (SSSR count). The highest BCUT2D eigenvalue weighted by Gasteiger charge is 2.28. The van der Waals surface area contributed by atoms with Gasteiger partial charge >= 0.3 is 6.18 Å². The molecule has 148 valence electrons. The van der Waals surface area contributed by atoms with E-state index in [9.17, 15) is 17.6 Å². The smallest absolute Gasteiger partial charge is 0.422 e. The topological polar surface area (TPSA) is 58.5 Å². The van der Waals surface area contributed by atoms with Gasteiger partial charge in [-0.05, 0) is 11.6 Å². The minimum absolute atomic E-state index is 0. The van der Waals surface area contributed by atoms with E-state index >= 15 is 0 Å². The third kappa shape index (κ3) is 8.41. The van der Waals surface area contributed by atoms with Gasteiger partial charge in [-0.2, -0.15) is 13.2 Å². The number of halogens is 5. The van der Waals surface area contributed by atoms with E-state index in [1.807, 2.05) is 0 Å². The Hall–Kier alpha value is -2.11. The van der Waals surface area contributed by atoms with Crippen LogP contribution in [0.25, 0.3) is 0 Å². The van der Waals surface area contributed by atoms with Crippen LogP contribution in [0.1, 0.15) is 11.1 Å². The third-order valence-corrected chi connectivity index (χ3v) is 3.27. The molecule has 0 aliphatic carbocycles. The molecular weight excluding hydrogens is 479 g/mol. The number of pyridine rings is 1. The number of hydrogen-bond acceptors (Lipinski definition) is 3. The molecule has 0 aliphatic rings. The summed E-state index contributed by atoms with van der Waals surface area (Å²) >= 11 is 0. The van der Waals surface area contributed by atoms with Crippen LogP contribution in [-0.2, 0) is 13.1 Å². The summed E-state index contributed by atoms with van der Waals surface area (Å²) in [5.41, 5.74) is 1.22. The van der Waals surface area contributed by atoms with Crippen molar-refractivity contribution in [3.63, 3.8) is 0 Å². The molecule has 5 nitrogen and oxygen atoms in total. The molecular formula is C17H19F4IN4O. The van der Waals surface area contributed by atoms with Gasteiger partial charge in [-0.15, -0.1) is 24.0 Å². The molecule has 0 saturated carbocycles. The molecule has 1 aromatic heterocycles. The van der Waals surface area contributed by atoms with Crippen molar-refractivity contribution in [2.75, 3.05) is 13.7 Å². The molecule has 0 unspecified atom stereocenters. The second-order valence-electron chi connectivity index (χ2n) is 5.28. The van der Waals surface area contributed by atoms with Crippen LogP contribution in [0.2, 0.25) is 0 Å². The van der Waals surface area contributed by atoms with Crippen molar-refractivity contribution in [3.05, 3.63) is 59.5 Å². The predicted molar refractivity (Wildman–Crippen MR) is 105 cm³/mol. The summed E-state index contributed by atoms with van der Waals surface area (Å²) in [7, 11) is 1.57. The number of alkyl halides is 3. The largest absolute Gasteiger partial charge is 0.468 e. The summed E-state index contributed by atoms with van der Waals surface area (Å²) in [6.07, 6.45) is -3.00. The molecule has 1 heterocycles. The van der Waals surface area contributed by atoms with Crippen LogP contribution in [0.3, 0.4) is 0 Å². The molecule has 0 aliphatic heterocycles. The molecule has 1 aromatic carbocycles. The van der Waals surface area contributed by atoms with Crippen molar-refractivity contribution in [1.29, 1.82) is 0 Å². The normalized spacial score (nSPS) is 11.5. The Morgan fingerprint density at radius 3 is 2.41 bits per heavy atom. The molecule has 10 heteroatoms. The highest BCUT2D eigenvalue weighted by atomic mass is 127. The average molecular weight is 498 g/mol. The van der Waals surface area contributed by atoms with Crippen LogP contribution in [-0.4, -0.2) is 30.8 Å². The van der Waals surface area contributed by atoms with Crippen molar-refractivity contribution < 1.29 is 22.3 Å². The number of nitrogens with one attached hydrogen (secondary N) is 2. The zero-order valence-corrected chi connectivity index (χ0v) is 16.7. The summed E-state index contributed by atoms with van der Waals surface area (Å²) < 4.78 is 54.4. The van der Waals surface area contributed by atoms with Crippen LogP contribution in [0.5, 0.6) is 5.88 Å². The number of benzene rings is 1. The van der Waals surface area contributed by atoms with E-state index in [0.29, 0.717) is 18.1 Å². The van der Waals surface area contributed by atoms with Crippen molar-refractivity contribution in [1.82, 2.24) is 15.6 Å². The zero-order chi connectivity index (χ0) is 19.0. The lowest BCUT2D eigenvalue weighted by Crippen LogP contribution is -2.36. The van der Waals surface area contributed by atoms with Gasteiger partial charge in [0.1, 0.15) is 5.82 Å². The van der Waals surface area contributed by atoms with E-state index in [1.165, 1.54) is 18.3 Å². The summed E-state index contributed by atoms with van der Waals surface area (Å²) in [6, 6.07) is 9.35. The SMILES string of the molecule is CN=C(NCc1ccc(OCC(F)(F)F)nc1)NCc1ccccc1F.I. The van der Waals surface area contributed by atoms with Gasteiger partial charge in [0.2, 0.25) is 5.88 Å². The van der Waals surface area contributed by atoms with Crippen LogP contribution in [0, 0.1) is 5.82 Å². The summed E-state index contributed by atoms with van der Waals surface area (Å²) in [4.78, 5) is 7.84. The molecule has 0 bridgehead atoms. The molecule has 27 heavy (non-hydrogen) atoms. The lowest BCUT2D eigenvalue weighted by atomic mass is 10.2. The Balaban J connectivity index is 0.00000364. The van der Waals surface area contributed by atoms with Gasteiger partial charge in [-0.3, -0.25) is 4.99 Å². The maximum atomic E-state index is 13.6. The maximum absolute atomic E-state index is 13.6. The van der Waals surface area contributed by atoms with Gasteiger partial charge < -0.3 is 15.4 Å². The fraction of sp³-hybridized carbons (Fsp3) is 0.294. The fourth-order valence-electron chi connectivity index (χ4n) is 1.98. The first kappa shape index (κ1) is 22.9. The third-order valence-electron chi connectivity index (χ3n) is 3.27. The van der Waals surface area contributed by atoms with Gasteiger partial charge in [0.25, 0.3) is 0 Å². The standard InChI is InChI=1S/C17H18F4N4O.HI/c1-22-16(25-10-13-4-2-3-5-14(13)18)24-9-12-6-7-15(23-8-12)26-11-17(19,20)21;/h2-8H,9-11H2,1H3,(H2,22,24,25);1H. The lowest BCUT2D eigenvalue weighted by Gasteiger charge is -2.13. The molecule has 0 atom stereocenters. The average Bonchev–Trinajstić information content (AvgIpc) is 2.62. The van der Waals surface area contributed by atoms with Crippen molar-refractivity contribution in [2.24, 2.45) is 4.99 Å². The number of aromatic nitrogens is 1. The van der Waals surface area contributed by atoms with Gasteiger partial charge in [0.05, 0.1) is 0 Å². The molecule has 0 fully saturated rings. The highest BCUT2D eigenvalue weighted by Crippen LogP contribution is 2.17. The first-order valence-corrected chi connectivity index (χ1v) is 7.70. The van der Waals surface area contributed by atoms with E-state index in [1.54, 1.807) is 31.3 Å². The van der Waals surface area contributed by atoms with Gasteiger partial charge in [-0.25, -0.2) is 9.37 Å². The monoisotopic (exact) mass is 498 g/mol. The molecule has 0 radical (unpaired) electrons. The lowest BCUT2D eigenvalue weighted by molar-refractivity contribution is -0.154. The first-order valence-electron chi connectivity index (χ1n) is 7.70. The molecule has 2 N–H and O–H groups in total. The molecule has 0 amide bonds. The van der Waals surface area contributed by atoms with Crippen LogP contribution < -0.4 is 15.4 Å². The molecule has 0 spiro atoms. The number of aliphatic imine (C=N–C) groups is 1. The Morgan fingerprint density at radius 1 is 1.11 bits per heavy atom. The quantitative estimate of drug-likeness (QED) is 0.277.